The van der Waals surface area contributed by atoms with E-state index >= 15 is 0 Å². The average molecular weight is 484 g/mol. The van der Waals surface area contributed by atoms with Crippen molar-refractivity contribution in [2.24, 2.45) is 0 Å². The van der Waals surface area contributed by atoms with Gasteiger partial charge in [-0.05, 0) is 55.2 Å². The van der Waals surface area contributed by atoms with E-state index in [0.717, 1.165) is 32.0 Å². The SMILES string of the molecule is CN(C)CCN(C(=O)COc1ccc2ccccc2c1)c1nc2ccc(Br)cc2s1. The summed E-state index contributed by atoms with van der Waals surface area (Å²) in [6.45, 7) is 1.25. The molecule has 3 aromatic carbocycles. The van der Waals surface area contributed by atoms with Gasteiger partial charge >= 0.3 is 0 Å². The first-order valence-electron chi connectivity index (χ1n) is 9.62. The van der Waals surface area contributed by atoms with E-state index in [1.54, 1.807) is 4.90 Å². The Morgan fingerprint density at radius 1 is 1.03 bits per heavy atom. The molecule has 1 amide bonds. The molecule has 0 N–H and O–H groups in total. The van der Waals surface area contributed by atoms with Crippen LogP contribution in [-0.2, 0) is 4.79 Å². The van der Waals surface area contributed by atoms with E-state index in [2.05, 4.69) is 27.0 Å². The summed E-state index contributed by atoms with van der Waals surface area (Å²) in [5.74, 6) is 0.575. The minimum Gasteiger partial charge on any atom is -0.484 e. The van der Waals surface area contributed by atoms with Crippen molar-refractivity contribution in [2.75, 3.05) is 38.7 Å². The third-order valence-electron chi connectivity index (χ3n) is 4.73. The van der Waals surface area contributed by atoms with Gasteiger partial charge in [-0.3, -0.25) is 9.69 Å². The number of rotatable bonds is 7. The highest BCUT2D eigenvalue weighted by molar-refractivity contribution is 9.10. The van der Waals surface area contributed by atoms with Gasteiger partial charge in [0, 0.05) is 17.6 Å². The Balaban J connectivity index is 1.53. The minimum atomic E-state index is -0.108. The van der Waals surface area contributed by atoms with Gasteiger partial charge in [0.2, 0.25) is 0 Å². The lowest BCUT2D eigenvalue weighted by molar-refractivity contribution is -0.120. The van der Waals surface area contributed by atoms with Crippen molar-refractivity contribution in [3.8, 4) is 5.75 Å². The summed E-state index contributed by atoms with van der Waals surface area (Å²) in [7, 11) is 3.98. The number of benzene rings is 3. The van der Waals surface area contributed by atoms with E-state index in [0.29, 0.717) is 17.4 Å². The molecule has 1 aromatic heterocycles. The third-order valence-corrected chi connectivity index (χ3v) is 6.26. The first-order chi connectivity index (χ1) is 14.5. The number of nitrogens with zero attached hydrogens (tertiary/aromatic N) is 3. The van der Waals surface area contributed by atoms with Crippen LogP contribution in [0.4, 0.5) is 5.13 Å². The van der Waals surface area contributed by atoms with E-state index in [4.69, 9.17) is 4.74 Å². The molecule has 0 radical (unpaired) electrons. The second-order valence-corrected chi connectivity index (χ2v) is 9.18. The molecule has 0 aliphatic heterocycles. The molecule has 0 spiro atoms. The molecule has 0 bridgehead atoms. The summed E-state index contributed by atoms with van der Waals surface area (Å²) in [6, 6.07) is 19.9. The summed E-state index contributed by atoms with van der Waals surface area (Å²) in [6.07, 6.45) is 0. The predicted octanol–water partition coefficient (Wildman–Crippen LogP) is 5.19. The minimum absolute atomic E-state index is 0.0363. The summed E-state index contributed by atoms with van der Waals surface area (Å²) >= 11 is 5.01. The number of halogens is 1. The third kappa shape index (κ3) is 4.80. The van der Waals surface area contributed by atoms with Crippen LogP contribution in [0.1, 0.15) is 0 Å². The van der Waals surface area contributed by atoms with Crippen molar-refractivity contribution in [1.29, 1.82) is 0 Å². The highest BCUT2D eigenvalue weighted by Gasteiger charge is 2.20. The van der Waals surface area contributed by atoms with Crippen LogP contribution in [0, 0.1) is 0 Å². The van der Waals surface area contributed by atoms with Gasteiger partial charge in [0.05, 0.1) is 10.2 Å². The molecule has 30 heavy (non-hydrogen) atoms. The van der Waals surface area contributed by atoms with Gasteiger partial charge in [-0.15, -0.1) is 0 Å². The van der Waals surface area contributed by atoms with Crippen LogP contribution in [0.25, 0.3) is 21.0 Å². The molecule has 4 aromatic rings. The van der Waals surface area contributed by atoms with Crippen LogP contribution >= 0.6 is 27.3 Å². The van der Waals surface area contributed by atoms with Gasteiger partial charge in [0.15, 0.2) is 11.7 Å². The standard InChI is InChI=1S/C23H22BrN3O2S/c1-26(2)11-12-27(23-25-20-10-8-18(24)14-21(20)30-23)22(28)15-29-19-9-7-16-5-3-4-6-17(16)13-19/h3-10,13-14H,11-12,15H2,1-2H3. The lowest BCUT2D eigenvalue weighted by atomic mass is 10.1. The highest BCUT2D eigenvalue weighted by Crippen LogP contribution is 2.31. The largest absolute Gasteiger partial charge is 0.484 e. The molecule has 0 aliphatic rings. The fourth-order valence-electron chi connectivity index (χ4n) is 3.11. The second kappa shape index (κ2) is 9.12. The average Bonchev–Trinajstić information content (AvgIpc) is 3.14. The fraction of sp³-hybridized carbons (Fsp3) is 0.217. The Kier molecular flexibility index (Phi) is 6.32. The van der Waals surface area contributed by atoms with E-state index in [9.17, 15) is 4.79 Å². The van der Waals surface area contributed by atoms with Crippen molar-refractivity contribution < 1.29 is 9.53 Å². The van der Waals surface area contributed by atoms with E-state index < -0.39 is 0 Å². The molecule has 7 heteroatoms. The number of hydrogen-bond donors (Lipinski definition) is 0. The van der Waals surface area contributed by atoms with E-state index in [1.807, 2.05) is 73.6 Å². The molecule has 0 unspecified atom stereocenters. The topological polar surface area (TPSA) is 45.7 Å². The van der Waals surface area contributed by atoms with Gasteiger partial charge in [-0.25, -0.2) is 4.98 Å². The molecule has 154 valence electrons. The first kappa shape index (κ1) is 20.8. The van der Waals surface area contributed by atoms with Gasteiger partial charge in [0.1, 0.15) is 5.75 Å². The number of carbonyl (C=O) groups excluding carboxylic acids is 1. The smallest absolute Gasteiger partial charge is 0.266 e. The van der Waals surface area contributed by atoms with Gasteiger partial charge in [-0.1, -0.05) is 57.6 Å². The summed E-state index contributed by atoms with van der Waals surface area (Å²) in [5, 5.41) is 2.92. The molecule has 1 heterocycles. The Morgan fingerprint density at radius 2 is 1.83 bits per heavy atom. The lowest BCUT2D eigenvalue weighted by Gasteiger charge is -2.22. The number of hydrogen-bond acceptors (Lipinski definition) is 5. The van der Waals surface area contributed by atoms with Gasteiger partial charge in [-0.2, -0.15) is 0 Å². The molecule has 0 saturated carbocycles. The maximum atomic E-state index is 13.1. The van der Waals surface area contributed by atoms with Crippen molar-refractivity contribution >= 4 is 59.3 Å². The zero-order valence-electron chi connectivity index (χ0n) is 16.8. The molecular formula is C23H22BrN3O2S. The molecule has 0 atom stereocenters. The number of likely N-dealkylation sites (N-methyl/N-ethyl adjacent to an activating group) is 1. The number of fused-ring (bicyclic) bond motifs is 2. The van der Waals surface area contributed by atoms with Crippen molar-refractivity contribution in [2.45, 2.75) is 0 Å². The normalized spacial score (nSPS) is 11.3. The summed E-state index contributed by atoms with van der Waals surface area (Å²) in [5.41, 5.74) is 0.885. The van der Waals surface area contributed by atoms with E-state index in [-0.39, 0.29) is 12.5 Å². The number of carbonyl (C=O) groups is 1. The predicted molar refractivity (Wildman–Crippen MR) is 128 cm³/mol. The van der Waals surface area contributed by atoms with Crippen LogP contribution in [0.2, 0.25) is 0 Å². The number of aromatic nitrogens is 1. The number of thiazole rings is 1. The Labute approximate surface area is 188 Å². The molecule has 0 aliphatic carbocycles. The zero-order chi connectivity index (χ0) is 21.1. The van der Waals surface area contributed by atoms with Crippen LogP contribution in [0.3, 0.4) is 0 Å². The number of anilines is 1. The van der Waals surface area contributed by atoms with Crippen LogP contribution < -0.4 is 9.64 Å². The fourth-order valence-corrected chi connectivity index (χ4v) is 4.67. The lowest BCUT2D eigenvalue weighted by Crippen LogP contribution is -2.39. The molecular weight excluding hydrogens is 462 g/mol. The van der Waals surface area contributed by atoms with Crippen LogP contribution in [-0.4, -0.2) is 49.6 Å². The summed E-state index contributed by atoms with van der Waals surface area (Å²) in [4.78, 5) is 21.5. The maximum Gasteiger partial charge on any atom is 0.266 e. The van der Waals surface area contributed by atoms with Crippen LogP contribution in [0.5, 0.6) is 5.75 Å². The Bertz CT molecular complexity index is 1190. The first-order valence-corrected chi connectivity index (χ1v) is 11.2. The summed E-state index contributed by atoms with van der Waals surface area (Å²) < 4.78 is 7.88. The highest BCUT2D eigenvalue weighted by atomic mass is 79.9. The quantitative estimate of drug-likeness (QED) is 0.363. The van der Waals surface area contributed by atoms with Gasteiger partial charge < -0.3 is 9.64 Å². The Hall–Kier alpha value is -2.48. The van der Waals surface area contributed by atoms with Crippen molar-refractivity contribution in [3.63, 3.8) is 0 Å². The van der Waals surface area contributed by atoms with Crippen LogP contribution in [0.15, 0.2) is 65.1 Å². The zero-order valence-corrected chi connectivity index (χ0v) is 19.2. The monoisotopic (exact) mass is 483 g/mol. The second-order valence-electron chi connectivity index (χ2n) is 7.25. The maximum absolute atomic E-state index is 13.1. The number of ether oxygens (including phenoxy) is 1. The molecule has 5 nitrogen and oxygen atoms in total. The Morgan fingerprint density at radius 3 is 2.63 bits per heavy atom. The van der Waals surface area contributed by atoms with Crippen molar-refractivity contribution in [3.05, 3.63) is 65.1 Å². The van der Waals surface area contributed by atoms with Gasteiger partial charge in [0.25, 0.3) is 5.91 Å². The molecule has 4 rings (SSSR count). The van der Waals surface area contributed by atoms with Crippen molar-refractivity contribution in [1.82, 2.24) is 9.88 Å². The molecule has 0 saturated heterocycles. The number of amides is 1. The molecule has 0 fully saturated rings. The van der Waals surface area contributed by atoms with E-state index in [1.165, 1.54) is 11.3 Å².